The van der Waals surface area contributed by atoms with Crippen molar-refractivity contribution in [2.24, 2.45) is 0 Å². The second kappa shape index (κ2) is 5.36. The Morgan fingerprint density at radius 1 is 1.33 bits per heavy atom. The molecule has 21 heavy (non-hydrogen) atoms. The van der Waals surface area contributed by atoms with Crippen LogP contribution < -0.4 is 5.56 Å². The number of nitrogens with zero attached hydrogens (tertiary/aromatic N) is 1. The Hall–Kier alpha value is -2.69. The Morgan fingerprint density at radius 2 is 2.19 bits per heavy atom. The molecule has 5 nitrogen and oxygen atoms in total. The number of rotatable bonds is 2. The second-order valence-corrected chi connectivity index (χ2v) is 4.78. The van der Waals surface area contributed by atoms with Gasteiger partial charge in [0.1, 0.15) is 5.69 Å². The lowest BCUT2D eigenvalue weighted by Crippen LogP contribution is -2.15. The lowest BCUT2D eigenvalue weighted by molar-refractivity contribution is 0.0601. The van der Waals surface area contributed by atoms with Crippen molar-refractivity contribution in [2.75, 3.05) is 7.11 Å². The van der Waals surface area contributed by atoms with Crippen LogP contribution in [-0.4, -0.2) is 23.0 Å². The summed E-state index contributed by atoms with van der Waals surface area (Å²) in [6, 6.07) is 4.88. The van der Waals surface area contributed by atoms with E-state index in [0.29, 0.717) is 22.3 Å². The zero-order chi connectivity index (χ0) is 14.8. The number of fused-ring (bicyclic) bond motifs is 1. The predicted octanol–water partition coefficient (Wildman–Crippen LogP) is 2.44. The van der Waals surface area contributed by atoms with E-state index in [1.54, 1.807) is 18.2 Å². The van der Waals surface area contributed by atoms with E-state index < -0.39 is 5.97 Å². The van der Waals surface area contributed by atoms with Gasteiger partial charge >= 0.3 is 5.97 Å². The molecule has 0 unspecified atom stereocenters. The summed E-state index contributed by atoms with van der Waals surface area (Å²) < 4.78 is 4.69. The molecule has 1 heterocycles. The molecule has 0 radical (unpaired) electrons. The molecular weight excluding hydrogens is 268 g/mol. The zero-order valence-electron chi connectivity index (χ0n) is 11.6. The van der Waals surface area contributed by atoms with Gasteiger partial charge in [-0.2, -0.15) is 0 Å². The molecule has 0 aliphatic heterocycles. The van der Waals surface area contributed by atoms with Crippen LogP contribution in [0.5, 0.6) is 0 Å². The van der Waals surface area contributed by atoms with Gasteiger partial charge in [-0.15, -0.1) is 0 Å². The van der Waals surface area contributed by atoms with Gasteiger partial charge in [-0.3, -0.25) is 4.79 Å². The fraction of sp³-hybridized carbons (Fsp3) is 0.188. The summed E-state index contributed by atoms with van der Waals surface area (Å²) in [6.07, 6.45) is 7.78. The summed E-state index contributed by atoms with van der Waals surface area (Å²) in [4.78, 5) is 30.9. The smallest absolute Gasteiger partial charge is 0.337 e. The molecule has 0 fully saturated rings. The Bertz CT molecular complexity index is 831. The summed E-state index contributed by atoms with van der Waals surface area (Å²) in [7, 11) is 1.33. The highest BCUT2D eigenvalue weighted by atomic mass is 16.5. The highest BCUT2D eigenvalue weighted by Crippen LogP contribution is 2.19. The molecular formula is C16H14N2O3. The van der Waals surface area contributed by atoms with Gasteiger partial charge in [0.25, 0.3) is 5.56 Å². The Balaban J connectivity index is 2.16. The number of carbonyl (C=O) groups is 1. The molecule has 0 spiro atoms. The number of hydrogen-bond donors (Lipinski definition) is 1. The summed E-state index contributed by atoms with van der Waals surface area (Å²) in [5.41, 5.74) is 2.52. The van der Waals surface area contributed by atoms with E-state index in [1.807, 2.05) is 18.2 Å². The molecule has 0 saturated heterocycles. The summed E-state index contributed by atoms with van der Waals surface area (Å²) in [5.74, 6) is -0.428. The van der Waals surface area contributed by atoms with Crippen LogP contribution in [0.3, 0.4) is 0 Å². The fourth-order valence-corrected chi connectivity index (χ4v) is 2.31. The normalized spacial score (nSPS) is 14.0. The highest BCUT2D eigenvalue weighted by molar-refractivity contribution is 5.93. The summed E-state index contributed by atoms with van der Waals surface area (Å²) in [5, 5.41) is 0. The molecule has 0 bridgehead atoms. The highest BCUT2D eigenvalue weighted by Gasteiger charge is 2.12. The van der Waals surface area contributed by atoms with E-state index in [9.17, 15) is 9.59 Å². The third-order valence-corrected chi connectivity index (χ3v) is 3.38. The zero-order valence-corrected chi connectivity index (χ0v) is 11.6. The van der Waals surface area contributed by atoms with Gasteiger partial charge in [0.15, 0.2) is 0 Å². The molecule has 1 aromatic carbocycles. The predicted molar refractivity (Wildman–Crippen MR) is 80.1 cm³/mol. The molecule has 2 aromatic rings. The third kappa shape index (κ3) is 2.50. The van der Waals surface area contributed by atoms with Crippen LogP contribution in [0.4, 0.5) is 0 Å². The van der Waals surface area contributed by atoms with Crippen LogP contribution in [0.15, 0.2) is 41.2 Å². The summed E-state index contributed by atoms with van der Waals surface area (Å²) in [6.45, 7) is 0. The lowest BCUT2D eigenvalue weighted by atomic mass is 10.0. The van der Waals surface area contributed by atoms with Gasteiger partial charge in [0.2, 0.25) is 0 Å². The van der Waals surface area contributed by atoms with E-state index in [4.69, 9.17) is 4.74 Å². The van der Waals surface area contributed by atoms with Crippen molar-refractivity contribution in [3.05, 3.63) is 58.0 Å². The maximum Gasteiger partial charge on any atom is 0.337 e. The van der Waals surface area contributed by atoms with E-state index >= 15 is 0 Å². The molecule has 5 heteroatoms. The second-order valence-electron chi connectivity index (χ2n) is 4.78. The largest absolute Gasteiger partial charge is 0.465 e. The average molecular weight is 282 g/mol. The van der Waals surface area contributed by atoms with Crippen LogP contribution in [0.1, 0.15) is 28.9 Å². The SMILES string of the molecule is COC(=O)c1ccc2[nH]c(=O)c(C3=CCCC=C3)nc2c1. The number of benzene rings is 1. The van der Waals surface area contributed by atoms with Crippen molar-refractivity contribution in [2.45, 2.75) is 12.8 Å². The molecule has 1 aromatic heterocycles. The topological polar surface area (TPSA) is 72.1 Å². The number of carbonyl (C=O) groups excluding carboxylic acids is 1. The van der Waals surface area contributed by atoms with Gasteiger partial charge in [-0.05, 0) is 31.0 Å². The standard InChI is InChI=1S/C16H14N2O3/c1-21-16(20)11-7-8-12-13(9-11)17-14(15(19)18-12)10-5-3-2-4-6-10/h3,5-9H,2,4H2,1H3,(H,18,19). The van der Waals surface area contributed by atoms with Crippen molar-refractivity contribution in [1.29, 1.82) is 0 Å². The minimum Gasteiger partial charge on any atom is -0.465 e. The Labute approximate surface area is 121 Å². The van der Waals surface area contributed by atoms with Gasteiger partial charge in [0.05, 0.1) is 23.7 Å². The first-order valence-electron chi connectivity index (χ1n) is 6.68. The van der Waals surface area contributed by atoms with Crippen LogP contribution in [0.25, 0.3) is 16.6 Å². The first kappa shape index (κ1) is 13.3. The number of aromatic amines is 1. The van der Waals surface area contributed by atoms with Crippen molar-refractivity contribution in [3.8, 4) is 0 Å². The average Bonchev–Trinajstić information content (AvgIpc) is 2.54. The maximum atomic E-state index is 12.1. The number of allylic oxidation sites excluding steroid dienone is 4. The molecule has 0 amide bonds. The minimum absolute atomic E-state index is 0.230. The van der Waals surface area contributed by atoms with Gasteiger partial charge in [-0.1, -0.05) is 18.2 Å². The number of ether oxygens (including phenoxy) is 1. The van der Waals surface area contributed by atoms with Crippen molar-refractivity contribution < 1.29 is 9.53 Å². The number of hydrogen-bond acceptors (Lipinski definition) is 4. The number of esters is 1. The molecule has 1 aliphatic carbocycles. The van der Waals surface area contributed by atoms with Crippen molar-refractivity contribution in [3.63, 3.8) is 0 Å². The van der Waals surface area contributed by atoms with E-state index in [-0.39, 0.29) is 5.56 Å². The van der Waals surface area contributed by atoms with Crippen LogP contribution in [-0.2, 0) is 4.74 Å². The maximum absolute atomic E-state index is 12.1. The number of methoxy groups -OCH3 is 1. The minimum atomic E-state index is -0.428. The quantitative estimate of drug-likeness (QED) is 0.859. The number of aromatic nitrogens is 2. The fourth-order valence-electron chi connectivity index (χ4n) is 2.31. The van der Waals surface area contributed by atoms with Crippen LogP contribution >= 0.6 is 0 Å². The molecule has 0 saturated carbocycles. The van der Waals surface area contributed by atoms with E-state index in [2.05, 4.69) is 9.97 Å². The molecule has 3 rings (SSSR count). The first-order valence-corrected chi connectivity index (χ1v) is 6.68. The third-order valence-electron chi connectivity index (χ3n) is 3.38. The monoisotopic (exact) mass is 282 g/mol. The van der Waals surface area contributed by atoms with Crippen LogP contribution in [0.2, 0.25) is 0 Å². The summed E-state index contributed by atoms with van der Waals surface area (Å²) >= 11 is 0. The van der Waals surface area contributed by atoms with Crippen LogP contribution in [0, 0.1) is 0 Å². The molecule has 106 valence electrons. The van der Waals surface area contributed by atoms with Gasteiger partial charge < -0.3 is 9.72 Å². The lowest BCUT2D eigenvalue weighted by Gasteiger charge is -2.07. The van der Waals surface area contributed by atoms with Gasteiger partial charge in [-0.25, -0.2) is 9.78 Å². The Kier molecular flexibility index (Phi) is 3.39. The molecule has 0 atom stereocenters. The van der Waals surface area contributed by atoms with Gasteiger partial charge in [0, 0.05) is 5.57 Å². The number of nitrogens with one attached hydrogen (secondary N) is 1. The molecule has 1 N–H and O–H groups in total. The van der Waals surface area contributed by atoms with E-state index in [0.717, 1.165) is 18.4 Å². The van der Waals surface area contributed by atoms with Crippen molar-refractivity contribution in [1.82, 2.24) is 9.97 Å². The molecule has 1 aliphatic rings. The number of H-pyrrole nitrogens is 1. The first-order chi connectivity index (χ1) is 10.2. The van der Waals surface area contributed by atoms with E-state index in [1.165, 1.54) is 7.11 Å². The Morgan fingerprint density at radius 3 is 2.90 bits per heavy atom. The van der Waals surface area contributed by atoms with Crippen molar-refractivity contribution >= 4 is 22.6 Å².